The zero-order valence-electron chi connectivity index (χ0n) is 16.2. The van der Waals surface area contributed by atoms with Gasteiger partial charge in [-0.15, -0.1) is 0 Å². The largest absolute Gasteiger partial charge is 0.491 e. The van der Waals surface area contributed by atoms with E-state index in [0.29, 0.717) is 31.1 Å². The molecule has 0 unspecified atom stereocenters. The van der Waals surface area contributed by atoms with Gasteiger partial charge in [0.05, 0.1) is 6.61 Å². The van der Waals surface area contributed by atoms with Crippen molar-refractivity contribution in [2.24, 2.45) is 11.5 Å². The molecule has 29 heavy (non-hydrogen) atoms. The van der Waals surface area contributed by atoms with Crippen LogP contribution in [0.15, 0.2) is 29.1 Å². The van der Waals surface area contributed by atoms with E-state index in [1.54, 1.807) is 38.3 Å². The zero-order valence-corrected chi connectivity index (χ0v) is 16.2. The maximum atomic E-state index is 12.3. The van der Waals surface area contributed by atoms with Crippen molar-refractivity contribution >= 4 is 29.3 Å². The van der Waals surface area contributed by atoms with Gasteiger partial charge in [0.1, 0.15) is 24.0 Å². The normalized spacial score (nSPS) is 11.5. The summed E-state index contributed by atoms with van der Waals surface area (Å²) >= 11 is 0. The van der Waals surface area contributed by atoms with Gasteiger partial charge in [0.25, 0.3) is 11.5 Å². The molecule has 0 spiro atoms. The number of nitrogens with two attached hydrogens (primary N) is 2. The average molecular weight is 404 g/mol. The van der Waals surface area contributed by atoms with Crippen LogP contribution in [0.25, 0.3) is 0 Å². The molecule has 7 N–H and O–H groups in total. The van der Waals surface area contributed by atoms with Crippen LogP contribution in [0, 0.1) is 0 Å². The van der Waals surface area contributed by atoms with Crippen LogP contribution < -0.4 is 32.4 Å². The lowest BCUT2D eigenvalue weighted by Crippen LogP contribution is -2.36. The molecule has 2 aromatic rings. The minimum atomic E-state index is -0.950. The molecule has 2 rings (SSSR count). The van der Waals surface area contributed by atoms with E-state index in [4.69, 9.17) is 20.9 Å². The molecule has 0 aliphatic carbocycles. The molecule has 0 saturated carbocycles. The van der Waals surface area contributed by atoms with Crippen LogP contribution in [-0.4, -0.2) is 48.1 Å². The fourth-order valence-corrected chi connectivity index (χ4v) is 2.41. The zero-order chi connectivity index (χ0) is 21.4. The lowest BCUT2D eigenvalue weighted by Gasteiger charge is -2.16. The van der Waals surface area contributed by atoms with Gasteiger partial charge in [-0.05, 0) is 30.7 Å². The summed E-state index contributed by atoms with van der Waals surface area (Å²) in [4.78, 5) is 42.0. The second kappa shape index (κ2) is 10.1. The van der Waals surface area contributed by atoms with Crippen LogP contribution in [0.3, 0.4) is 0 Å². The Hall–Kier alpha value is -3.60. The van der Waals surface area contributed by atoms with Crippen LogP contribution >= 0.6 is 0 Å². The summed E-state index contributed by atoms with van der Waals surface area (Å²) < 4.78 is 10.4. The first kappa shape index (κ1) is 21.7. The van der Waals surface area contributed by atoms with Crippen LogP contribution in [0.1, 0.15) is 23.7 Å². The molecule has 0 aliphatic rings. The maximum Gasteiger partial charge on any atom is 0.267 e. The predicted molar refractivity (Wildman–Crippen MR) is 107 cm³/mol. The molecule has 0 saturated heterocycles. The van der Waals surface area contributed by atoms with Crippen LogP contribution in [0.5, 0.6) is 5.75 Å². The Kier molecular flexibility index (Phi) is 7.54. The van der Waals surface area contributed by atoms with Gasteiger partial charge in [0, 0.05) is 12.8 Å². The van der Waals surface area contributed by atoms with Crippen molar-refractivity contribution in [3.05, 3.63) is 40.2 Å². The third-order valence-corrected chi connectivity index (χ3v) is 3.90. The highest BCUT2D eigenvalue weighted by Gasteiger charge is 2.19. The number of nitrogens with zero attached hydrogens (tertiary/aromatic N) is 1. The van der Waals surface area contributed by atoms with Crippen molar-refractivity contribution in [3.63, 3.8) is 0 Å². The molecule has 0 bridgehead atoms. The number of primary amides is 2. The molecule has 0 aliphatic heterocycles. The summed E-state index contributed by atoms with van der Waals surface area (Å²) in [7, 11) is 1.58. The van der Waals surface area contributed by atoms with Crippen LogP contribution in [0.4, 0.5) is 17.5 Å². The number of ether oxygens (including phenoxy) is 2. The van der Waals surface area contributed by atoms with Crippen molar-refractivity contribution in [1.29, 1.82) is 0 Å². The summed E-state index contributed by atoms with van der Waals surface area (Å²) in [6.07, 6.45) is 0.379. The van der Waals surface area contributed by atoms with Crippen molar-refractivity contribution in [1.82, 2.24) is 9.97 Å². The first-order valence-corrected chi connectivity index (χ1v) is 8.84. The number of nitrogens with one attached hydrogen (secondary N) is 3. The van der Waals surface area contributed by atoms with Crippen LogP contribution in [0.2, 0.25) is 0 Å². The number of aromatic nitrogens is 2. The molecule has 0 fully saturated rings. The lowest BCUT2D eigenvalue weighted by molar-refractivity contribution is -0.118. The van der Waals surface area contributed by atoms with Gasteiger partial charge in [-0.2, -0.15) is 4.98 Å². The minimum absolute atomic E-state index is 0.0207. The summed E-state index contributed by atoms with van der Waals surface area (Å²) in [5.41, 5.74) is 10.1. The third kappa shape index (κ3) is 5.94. The Labute approximate surface area is 166 Å². The highest BCUT2D eigenvalue weighted by atomic mass is 16.5. The first-order chi connectivity index (χ1) is 13.8. The molecule has 1 atom stereocenters. The minimum Gasteiger partial charge on any atom is -0.491 e. The summed E-state index contributed by atoms with van der Waals surface area (Å²) in [6.45, 7) is 2.60. The van der Waals surface area contributed by atoms with E-state index < -0.39 is 23.4 Å². The summed E-state index contributed by atoms with van der Waals surface area (Å²) in [5, 5.41) is 5.62. The van der Waals surface area contributed by atoms with Gasteiger partial charge in [0.2, 0.25) is 11.9 Å². The number of hydrogen-bond acceptors (Lipinski definition) is 8. The number of methoxy groups -OCH3 is 1. The summed E-state index contributed by atoms with van der Waals surface area (Å²) in [6, 6.07) is 6.03. The molecular weight excluding hydrogens is 380 g/mol. The Balaban J connectivity index is 2.28. The number of carbonyl (C=O) groups excluding carboxylic acids is 2. The van der Waals surface area contributed by atoms with Gasteiger partial charge in [0.15, 0.2) is 5.82 Å². The van der Waals surface area contributed by atoms with Gasteiger partial charge in [-0.25, -0.2) is 0 Å². The smallest absolute Gasteiger partial charge is 0.267 e. The number of benzene rings is 1. The number of carbonyl (C=O) groups is 2. The Morgan fingerprint density at radius 2 is 1.90 bits per heavy atom. The van der Waals surface area contributed by atoms with Crippen molar-refractivity contribution in [2.45, 2.75) is 19.4 Å². The second-order valence-corrected chi connectivity index (χ2v) is 6.00. The third-order valence-electron chi connectivity index (χ3n) is 3.90. The average Bonchev–Trinajstić information content (AvgIpc) is 2.66. The highest BCUT2D eigenvalue weighted by molar-refractivity contribution is 5.98. The van der Waals surface area contributed by atoms with Gasteiger partial charge < -0.3 is 31.6 Å². The molecular formula is C18H24N6O5. The molecule has 0 radical (unpaired) electrons. The van der Waals surface area contributed by atoms with E-state index in [9.17, 15) is 14.4 Å². The van der Waals surface area contributed by atoms with E-state index in [0.717, 1.165) is 0 Å². The van der Waals surface area contributed by atoms with Gasteiger partial charge >= 0.3 is 0 Å². The topological polar surface area (TPSA) is 174 Å². The van der Waals surface area contributed by atoms with Crippen molar-refractivity contribution in [3.8, 4) is 5.75 Å². The Morgan fingerprint density at radius 3 is 2.45 bits per heavy atom. The second-order valence-electron chi connectivity index (χ2n) is 6.00. The van der Waals surface area contributed by atoms with Gasteiger partial charge in [-0.1, -0.05) is 6.92 Å². The number of rotatable bonds is 11. The SMILES string of the molecule is CC[C@@H](Nc1nc(Nc2ccc(OCCOC)cc2)c(C(N)=O)c(=O)[nH]1)C(N)=O. The first-order valence-electron chi connectivity index (χ1n) is 8.84. The van der Waals surface area contributed by atoms with Gasteiger partial charge in [-0.3, -0.25) is 19.4 Å². The van der Waals surface area contributed by atoms with E-state index in [1.165, 1.54) is 0 Å². The molecule has 11 heteroatoms. The van der Waals surface area contributed by atoms with E-state index in [1.807, 2.05) is 0 Å². The standard InChI is InChI=1S/C18H24N6O5/c1-3-12(14(19)25)22-18-23-16(13(15(20)26)17(27)24-18)21-10-4-6-11(7-5-10)29-9-8-28-2/h4-7,12H,3,8-9H2,1-2H3,(H2,19,25)(H2,20,26)(H3,21,22,23,24,27)/t12-/m1/s1. The Morgan fingerprint density at radius 1 is 1.21 bits per heavy atom. The maximum absolute atomic E-state index is 12.3. The van der Waals surface area contributed by atoms with E-state index in [2.05, 4.69) is 20.6 Å². The molecule has 11 nitrogen and oxygen atoms in total. The van der Waals surface area contributed by atoms with Crippen molar-refractivity contribution < 1.29 is 19.1 Å². The number of hydrogen-bond donors (Lipinski definition) is 5. The molecule has 2 amide bonds. The number of aromatic amines is 1. The molecule has 1 aromatic carbocycles. The quantitative estimate of drug-likeness (QED) is 0.333. The number of H-pyrrole nitrogens is 1. The fourth-order valence-electron chi connectivity index (χ4n) is 2.41. The summed E-state index contributed by atoms with van der Waals surface area (Å²) in [5.74, 6) is -1.01. The number of anilines is 3. The van der Waals surface area contributed by atoms with Crippen molar-refractivity contribution in [2.75, 3.05) is 31.0 Å². The lowest BCUT2D eigenvalue weighted by atomic mass is 10.2. The Bertz CT molecular complexity index is 912. The molecule has 156 valence electrons. The molecule has 1 heterocycles. The highest BCUT2D eigenvalue weighted by Crippen LogP contribution is 2.21. The monoisotopic (exact) mass is 404 g/mol. The number of amides is 2. The van der Waals surface area contributed by atoms with E-state index >= 15 is 0 Å². The van der Waals surface area contributed by atoms with E-state index in [-0.39, 0.29) is 17.3 Å². The fraction of sp³-hybridized carbons (Fsp3) is 0.333. The molecule has 1 aromatic heterocycles. The van der Waals surface area contributed by atoms with Crippen LogP contribution in [-0.2, 0) is 9.53 Å². The predicted octanol–water partition coefficient (Wildman–Crippen LogP) is 0.313.